The lowest BCUT2D eigenvalue weighted by molar-refractivity contribution is 0.102. The van der Waals surface area contributed by atoms with Gasteiger partial charge in [-0.25, -0.2) is 0 Å². The number of benzene rings is 2. The molecule has 1 saturated heterocycles. The molecule has 0 aliphatic carbocycles. The predicted molar refractivity (Wildman–Crippen MR) is 106 cm³/mol. The molecule has 1 heterocycles. The zero-order valence-corrected chi connectivity index (χ0v) is 15.9. The summed E-state index contributed by atoms with van der Waals surface area (Å²) in [6, 6.07) is 12.9. The van der Waals surface area contributed by atoms with Crippen molar-refractivity contribution in [3.05, 3.63) is 48.0 Å². The van der Waals surface area contributed by atoms with E-state index in [0.29, 0.717) is 31.1 Å². The third-order valence-electron chi connectivity index (χ3n) is 4.39. The molecule has 27 heavy (non-hydrogen) atoms. The Labute approximate surface area is 160 Å². The van der Waals surface area contributed by atoms with Crippen LogP contribution in [0, 0.1) is 0 Å². The van der Waals surface area contributed by atoms with Gasteiger partial charge >= 0.3 is 0 Å². The van der Waals surface area contributed by atoms with Gasteiger partial charge in [0.2, 0.25) is 0 Å². The number of carbonyl (C=O) groups excluding carboxylic acids is 1. The Balaban J connectivity index is 1.77. The molecule has 144 valence electrons. The van der Waals surface area contributed by atoms with Gasteiger partial charge in [0.1, 0.15) is 11.5 Å². The number of ether oxygens (including phenoxy) is 3. The van der Waals surface area contributed by atoms with Gasteiger partial charge in [-0.3, -0.25) is 4.79 Å². The Kier molecular flexibility index (Phi) is 6.54. The van der Waals surface area contributed by atoms with Gasteiger partial charge in [0.15, 0.2) is 0 Å². The van der Waals surface area contributed by atoms with Crippen molar-refractivity contribution in [1.82, 2.24) is 0 Å². The van der Waals surface area contributed by atoms with E-state index < -0.39 is 0 Å². The molecule has 6 nitrogen and oxygen atoms in total. The SMILES string of the molecule is CCCOc1ccc(C(=O)Nc2cc(OC)ccc2N2CCOCC2)cc1. The molecule has 0 bridgehead atoms. The fraction of sp³-hybridized carbons (Fsp3) is 0.381. The second-order valence-electron chi connectivity index (χ2n) is 6.31. The molecule has 1 aliphatic heterocycles. The minimum atomic E-state index is -0.167. The second kappa shape index (κ2) is 9.28. The summed E-state index contributed by atoms with van der Waals surface area (Å²) in [7, 11) is 1.62. The minimum absolute atomic E-state index is 0.167. The molecule has 1 N–H and O–H groups in total. The fourth-order valence-corrected chi connectivity index (χ4v) is 2.94. The average molecular weight is 370 g/mol. The summed E-state index contributed by atoms with van der Waals surface area (Å²) in [5, 5.41) is 3.02. The smallest absolute Gasteiger partial charge is 0.255 e. The first-order valence-corrected chi connectivity index (χ1v) is 9.26. The molecule has 0 unspecified atom stereocenters. The molecule has 0 saturated carbocycles. The number of anilines is 2. The van der Waals surface area contributed by atoms with E-state index in [-0.39, 0.29) is 5.91 Å². The van der Waals surface area contributed by atoms with E-state index in [4.69, 9.17) is 14.2 Å². The van der Waals surface area contributed by atoms with Crippen LogP contribution >= 0.6 is 0 Å². The van der Waals surface area contributed by atoms with Crippen molar-refractivity contribution in [1.29, 1.82) is 0 Å². The Bertz CT molecular complexity index is 755. The summed E-state index contributed by atoms with van der Waals surface area (Å²) < 4.78 is 16.3. The van der Waals surface area contributed by atoms with Crippen LogP contribution in [0.15, 0.2) is 42.5 Å². The molecule has 1 aliphatic rings. The van der Waals surface area contributed by atoms with Crippen LogP contribution < -0.4 is 19.7 Å². The minimum Gasteiger partial charge on any atom is -0.497 e. The van der Waals surface area contributed by atoms with Crippen molar-refractivity contribution in [2.24, 2.45) is 0 Å². The lowest BCUT2D eigenvalue weighted by atomic mass is 10.1. The van der Waals surface area contributed by atoms with Gasteiger partial charge in [0, 0.05) is 24.7 Å². The maximum Gasteiger partial charge on any atom is 0.255 e. The molecule has 1 amide bonds. The van der Waals surface area contributed by atoms with E-state index in [2.05, 4.69) is 17.1 Å². The monoisotopic (exact) mass is 370 g/mol. The van der Waals surface area contributed by atoms with Crippen LogP contribution in [0.1, 0.15) is 23.7 Å². The highest BCUT2D eigenvalue weighted by molar-refractivity contribution is 6.06. The van der Waals surface area contributed by atoms with Crippen LogP contribution in [0.25, 0.3) is 0 Å². The van der Waals surface area contributed by atoms with Crippen LogP contribution in [0.5, 0.6) is 11.5 Å². The molecule has 3 rings (SSSR count). The van der Waals surface area contributed by atoms with Crippen LogP contribution in [0.4, 0.5) is 11.4 Å². The number of hydrogen-bond donors (Lipinski definition) is 1. The Morgan fingerprint density at radius 2 is 1.81 bits per heavy atom. The van der Waals surface area contributed by atoms with Gasteiger partial charge < -0.3 is 24.4 Å². The van der Waals surface area contributed by atoms with Crippen molar-refractivity contribution in [3.8, 4) is 11.5 Å². The first-order chi connectivity index (χ1) is 13.2. The molecule has 2 aromatic carbocycles. The lowest BCUT2D eigenvalue weighted by Crippen LogP contribution is -2.36. The molecule has 6 heteroatoms. The van der Waals surface area contributed by atoms with E-state index in [9.17, 15) is 4.79 Å². The first-order valence-electron chi connectivity index (χ1n) is 9.26. The van der Waals surface area contributed by atoms with Crippen molar-refractivity contribution in [3.63, 3.8) is 0 Å². The van der Waals surface area contributed by atoms with Gasteiger partial charge in [-0.15, -0.1) is 0 Å². The van der Waals surface area contributed by atoms with Gasteiger partial charge in [-0.2, -0.15) is 0 Å². The van der Waals surface area contributed by atoms with Crippen LogP contribution in [-0.4, -0.2) is 45.9 Å². The number of rotatable bonds is 7. The third kappa shape index (κ3) is 4.92. The molecule has 1 fully saturated rings. The zero-order valence-electron chi connectivity index (χ0n) is 15.9. The van der Waals surface area contributed by atoms with Gasteiger partial charge in [0.05, 0.1) is 38.3 Å². The van der Waals surface area contributed by atoms with Crippen LogP contribution in [0.2, 0.25) is 0 Å². The summed E-state index contributed by atoms with van der Waals surface area (Å²) >= 11 is 0. The van der Waals surface area contributed by atoms with Crippen molar-refractivity contribution in [2.45, 2.75) is 13.3 Å². The average Bonchev–Trinajstić information content (AvgIpc) is 2.73. The maximum atomic E-state index is 12.7. The summed E-state index contributed by atoms with van der Waals surface area (Å²) in [4.78, 5) is 14.9. The molecule has 0 aromatic heterocycles. The molecule has 0 atom stereocenters. The summed E-state index contributed by atoms with van der Waals surface area (Å²) in [6.45, 7) is 5.66. The molecule has 0 spiro atoms. The summed E-state index contributed by atoms with van der Waals surface area (Å²) in [5.74, 6) is 1.30. The van der Waals surface area contributed by atoms with E-state index in [1.165, 1.54) is 0 Å². The summed E-state index contributed by atoms with van der Waals surface area (Å²) in [6.07, 6.45) is 0.947. The number of nitrogens with one attached hydrogen (secondary N) is 1. The standard InChI is InChI=1S/C21H26N2O4/c1-3-12-27-17-6-4-16(5-7-17)21(24)22-19-15-18(25-2)8-9-20(19)23-10-13-26-14-11-23/h4-9,15H,3,10-14H2,1-2H3,(H,22,24). The Morgan fingerprint density at radius 3 is 2.48 bits per heavy atom. The lowest BCUT2D eigenvalue weighted by Gasteiger charge is -2.30. The highest BCUT2D eigenvalue weighted by Gasteiger charge is 2.17. The maximum absolute atomic E-state index is 12.7. The normalized spacial score (nSPS) is 13.9. The van der Waals surface area contributed by atoms with E-state index in [1.54, 1.807) is 19.2 Å². The summed E-state index contributed by atoms with van der Waals surface area (Å²) in [5.41, 5.74) is 2.28. The topological polar surface area (TPSA) is 60.0 Å². The number of nitrogens with zero attached hydrogens (tertiary/aromatic N) is 1. The van der Waals surface area contributed by atoms with Gasteiger partial charge in [-0.05, 0) is 42.8 Å². The zero-order chi connectivity index (χ0) is 19.1. The number of morpholine rings is 1. The van der Waals surface area contributed by atoms with E-state index >= 15 is 0 Å². The van der Waals surface area contributed by atoms with Crippen molar-refractivity contribution in [2.75, 3.05) is 50.2 Å². The molecular weight excluding hydrogens is 344 g/mol. The number of methoxy groups -OCH3 is 1. The number of amides is 1. The quantitative estimate of drug-likeness (QED) is 0.807. The number of carbonyl (C=O) groups is 1. The highest BCUT2D eigenvalue weighted by atomic mass is 16.5. The second-order valence-corrected chi connectivity index (χ2v) is 6.31. The van der Waals surface area contributed by atoms with Gasteiger partial charge in [0.25, 0.3) is 5.91 Å². The van der Waals surface area contributed by atoms with Crippen LogP contribution in [-0.2, 0) is 4.74 Å². The van der Waals surface area contributed by atoms with E-state index in [0.717, 1.165) is 36.6 Å². The largest absolute Gasteiger partial charge is 0.497 e. The fourth-order valence-electron chi connectivity index (χ4n) is 2.94. The first kappa shape index (κ1) is 19.0. The predicted octanol–water partition coefficient (Wildman–Crippen LogP) is 3.57. The number of hydrogen-bond acceptors (Lipinski definition) is 5. The van der Waals surface area contributed by atoms with Crippen molar-refractivity contribution >= 4 is 17.3 Å². The molecule has 0 radical (unpaired) electrons. The highest BCUT2D eigenvalue weighted by Crippen LogP contribution is 2.31. The van der Waals surface area contributed by atoms with Gasteiger partial charge in [-0.1, -0.05) is 6.92 Å². The Morgan fingerprint density at radius 1 is 1.11 bits per heavy atom. The van der Waals surface area contributed by atoms with E-state index in [1.807, 2.05) is 30.3 Å². The van der Waals surface area contributed by atoms with Crippen LogP contribution in [0.3, 0.4) is 0 Å². The molecule has 2 aromatic rings. The Hall–Kier alpha value is -2.73. The molecular formula is C21H26N2O4. The van der Waals surface area contributed by atoms with Crippen molar-refractivity contribution < 1.29 is 19.0 Å². The third-order valence-corrected chi connectivity index (χ3v) is 4.39.